The third kappa shape index (κ3) is 2.67. The summed E-state index contributed by atoms with van der Waals surface area (Å²) in [5.74, 6) is 0.713. The maximum atomic E-state index is 9.23. The molecule has 2 aliphatic rings. The zero-order chi connectivity index (χ0) is 12.5. The predicted molar refractivity (Wildman–Crippen MR) is 69.0 cm³/mol. The number of hydrogen-bond donors (Lipinski definition) is 2. The number of ether oxygens (including phenoxy) is 1. The average Bonchev–Trinajstić information content (AvgIpc) is 2.28. The lowest BCUT2D eigenvalue weighted by Crippen LogP contribution is -2.69. The van der Waals surface area contributed by atoms with Crippen molar-refractivity contribution < 1.29 is 9.84 Å². The molecule has 0 aromatic heterocycles. The third-order valence-corrected chi connectivity index (χ3v) is 4.49. The Kier molecular flexibility index (Phi) is 4.11. The smallest absolute Gasteiger partial charge is 0.0684 e. The highest BCUT2D eigenvalue weighted by molar-refractivity contribution is 5.10. The van der Waals surface area contributed by atoms with E-state index in [1.807, 2.05) is 6.92 Å². The highest BCUT2D eigenvalue weighted by atomic mass is 16.5. The Morgan fingerprint density at radius 1 is 1.47 bits per heavy atom. The number of hydrogen-bond acceptors (Lipinski definition) is 3. The van der Waals surface area contributed by atoms with Gasteiger partial charge in [-0.25, -0.2) is 0 Å². The van der Waals surface area contributed by atoms with Gasteiger partial charge >= 0.3 is 0 Å². The van der Waals surface area contributed by atoms with Gasteiger partial charge in [0.05, 0.1) is 12.2 Å². The first-order chi connectivity index (χ1) is 8.03. The molecule has 1 heterocycles. The Hall–Kier alpha value is -0.120. The molecule has 0 amide bonds. The summed E-state index contributed by atoms with van der Waals surface area (Å²) in [6, 6.07) is 0.599. The molecule has 4 unspecified atom stereocenters. The van der Waals surface area contributed by atoms with Gasteiger partial charge in [0.15, 0.2) is 0 Å². The SMILES string of the molecule is CC(O)CCCNC1C2CCCOC2C1(C)C. The Bertz CT molecular complexity index is 253. The predicted octanol–water partition coefficient (Wildman–Crippen LogP) is 1.94. The molecule has 17 heavy (non-hydrogen) atoms. The van der Waals surface area contributed by atoms with Gasteiger partial charge in [-0.3, -0.25) is 0 Å². The molecule has 0 aromatic rings. The van der Waals surface area contributed by atoms with Crippen molar-refractivity contribution in [1.29, 1.82) is 0 Å². The molecular weight excluding hydrogens is 214 g/mol. The van der Waals surface area contributed by atoms with Crippen LogP contribution in [0.25, 0.3) is 0 Å². The zero-order valence-corrected chi connectivity index (χ0v) is 11.4. The molecule has 2 rings (SSSR count). The molecule has 0 radical (unpaired) electrons. The Morgan fingerprint density at radius 3 is 2.94 bits per heavy atom. The number of aliphatic hydroxyl groups is 1. The van der Waals surface area contributed by atoms with Gasteiger partial charge in [0.1, 0.15) is 0 Å². The van der Waals surface area contributed by atoms with Gasteiger partial charge in [0, 0.05) is 24.0 Å². The number of aliphatic hydroxyl groups excluding tert-OH is 1. The van der Waals surface area contributed by atoms with Crippen LogP contribution in [-0.4, -0.2) is 36.5 Å². The Labute approximate surface area is 105 Å². The van der Waals surface area contributed by atoms with Gasteiger partial charge in [-0.15, -0.1) is 0 Å². The van der Waals surface area contributed by atoms with Gasteiger partial charge in [0.25, 0.3) is 0 Å². The average molecular weight is 241 g/mol. The lowest BCUT2D eigenvalue weighted by molar-refractivity contribution is -0.192. The van der Waals surface area contributed by atoms with E-state index in [0.717, 1.165) is 26.0 Å². The lowest BCUT2D eigenvalue weighted by Gasteiger charge is -2.60. The summed E-state index contributed by atoms with van der Waals surface area (Å²) < 4.78 is 5.89. The number of fused-ring (bicyclic) bond motifs is 1. The highest BCUT2D eigenvalue weighted by Gasteiger charge is 2.57. The van der Waals surface area contributed by atoms with Crippen molar-refractivity contribution in [3.8, 4) is 0 Å². The second-order valence-electron chi connectivity index (χ2n) is 6.34. The minimum Gasteiger partial charge on any atom is -0.393 e. The van der Waals surface area contributed by atoms with Crippen LogP contribution in [0, 0.1) is 11.3 Å². The molecule has 0 aromatic carbocycles. The van der Waals surface area contributed by atoms with Crippen LogP contribution in [0.3, 0.4) is 0 Å². The Morgan fingerprint density at radius 2 is 2.24 bits per heavy atom. The summed E-state index contributed by atoms with van der Waals surface area (Å²) >= 11 is 0. The van der Waals surface area contributed by atoms with E-state index in [4.69, 9.17) is 4.74 Å². The summed E-state index contributed by atoms with van der Waals surface area (Å²) in [5, 5.41) is 12.9. The van der Waals surface area contributed by atoms with Crippen LogP contribution < -0.4 is 5.32 Å². The fourth-order valence-electron chi connectivity index (χ4n) is 3.59. The number of rotatable bonds is 5. The summed E-state index contributed by atoms with van der Waals surface area (Å²) in [7, 11) is 0. The van der Waals surface area contributed by atoms with E-state index < -0.39 is 0 Å². The largest absolute Gasteiger partial charge is 0.393 e. The second kappa shape index (κ2) is 5.25. The van der Waals surface area contributed by atoms with Crippen molar-refractivity contribution in [3.63, 3.8) is 0 Å². The second-order valence-corrected chi connectivity index (χ2v) is 6.34. The van der Waals surface area contributed by atoms with Gasteiger partial charge in [-0.05, 0) is 39.2 Å². The monoisotopic (exact) mass is 241 g/mol. The van der Waals surface area contributed by atoms with Gasteiger partial charge in [0.2, 0.25) is 0 Å². The minimum atomic E-state index is -0.169. The van der Waals surface area contributed by atoms with Crippen molar-refractivity contribution in [3.05, 3.63) is 0 Å². The summed E-state index contributed by atoms with van der Waals surface area (Å²) in [5.41, 5.74) is 0.274. The van der Waals surface area contributed by atoms with Gasteiger partial charge < -0.3 is 15.2 Å². The van der Waals surface area contributed by atoms with Crippen molar-refractivity contribution in [2.75, 3.05) is 13.2 Å². The van der Waals surface area contributed by atoms with Gasteiger partial charge in [-0.1, -0.05) is 13.8 Å². The van der Waals surface area contributed by atoms with E-state index in [1.165, 1.54) is 12.8 Å². The first kappa shape index (κ1) is 13.3. The van der Waals surface area contributed by atoms with E-state index in [0.29, 0.717) is 18.1 Å². The normalized spacial score (nSPS) is 37.1. The quantitative estimate of drug-likeness (QED) is 0.723. The van der Waals surface area contributed by atoms with Crippen LogP contribution in [0.1, 0.15) is 46.5 Å². The first-order valence-electron chi connectivity index (χ1n) is 7.06. The molecular formula is C14H27NO2. The number of nitrogens with one attached hydrogen (secondary N) is 1. The maximum absolute atomic E-state index is 9.23. The van der Waals surface area contributed by atoms with E-state index in [9.17, 15) is 5.11 Å². The molecule has 100 valence electrons. The van der Waals surface area contributed by atoms with Crippen molar-refractivity contribution >= 4 is 0 Å². The molecule has 2 fully saturated rings. The van der Waals surface area contributed by atoms with Crippen LogP contribution in [-0.2, 0) is 4.74 Å². The zero-order valence-electron chi connectivity index (χ0n) is 11.4. The summed E-state index contributed by atoms with van der Waals surface area (Å²) in [4.78, 5) is 0. The topological polar surface area (TPSA) is 41.5 Å². The standard InChI is InChI=1S/C14H27NO2/c1-10(16)6-4-8-15-12-11-7-5-9-17-13(11)14(12,2)3/h10-13,15-16H,4-9H2,1-3H3. The van der Waals surface area contributed by atoms with Crippen LogP contribution in [0.2, 0.25) is 0 Å². The maximum Gasteiger partial charge on any atom is 0.0684 e. The van der Waals surface area contributed by atoms with E-state index in [1.54, 1.807) is 0 Å². The van der Waals surface area contributed by atoms with Crippen LogP contribution in [0.15, 0.2) is 0 Å². The fraction of sp³-hybridized carbons (Fsp3) is 1.00. The summed E-state index contributed by atoms with van der Waals surface area (Å²) in [6.45, 7) is 8.44. The molecule has 1 saturated carbocycles. The molecule has 1 aliphatic heterocycles. The molecule has 3 nitrogen and oxygen atoms in total. The highest BCUT2D eigenvalue weighted by Crippen LogP contribution is 2.51. The van der Waals surface area contributed by atoms with Crippen molar-refractivity contribution in [1.82, 2.24) is 5.32 Å². The van der Waals surface area contributed by atoms with E-state index >= 15 is 0 Å². The van der Waals surface area contributed by atoms with Crippen LogP contribution >= 0.6 is 0 Å². The molecule has 0 bridgehead atoms. The van der Waals surface area contributed by atoms with Gasteiger partial charge in [-0.2, -0.15) is 0 Å². The Balaban J connectivity index is 1.76. The summed E-state index contributed by atoms with van der Waals surface area (Å²) in [6.07, 6.45) is 4.76. The third-order valence-electron chi connectivity index (χ3n) is 4.49. The van der Waals surface area contributed by atoms with Crippen LogP contribution in [0.5, 0.6) is 0 Å². The fourth-order valence-corrected chi connectivity index (χ4v) is 3.59. The molecule has 0 spiro atoms. The van der Waals surface area contributed by atoms with E-state index in [-0.39, 0.29) is 11.5 Å². The molecule has 2 N–H and O–H groups in total. The lowest BCUT2D eigenvalue weighted by atomic mass is 9.55. The van der Waals surface area contributed by atoms with Crippen LogP contribution in [0.4, 0.5) is 0 Å². The van der Waals surface area contributed by atoms with Crippen molar-refractivity contribution in [2.45, 2.75) is 64.7 Å². The first-order valence-corrected chi connectivity index (χ1v) is 7.06. The van der Waals surface area contributed by atoms with E-state index in [2.05, 4.69) is 19.2 Å². The molecule has 1 saturated heterocycles. The molecule has 3 heteroatoms. The molecule has 4 atom stereocenters. The molecule has 1 aliphatic carbocycles. The van der Waals surface area contributed by atoms with Crippen molar-refractivity contribution in [2.24, 2.45) is 11.3 Å². The minimum absolute atomic E-state index is 0.169.